The molecule has 0 aliphatic rings. The maximum Gasteiger partial charge on any atom is 0.270 e. The highest BCUT2D eigenvalue weighted by molar-refractivity contribution is 7.98. The topological polar surface area (TPSA) is 116 Å². The van der Waals surface area contributed by atoms with Crippen LogP contribution in [0.4, 0.5) is 10.1 Å². The van der Waals surface area contributed by atoms with E-state index in [9.17, 15) is 22.9 Å². The number of hydrogen-bond donors (Lipinski definition) is 2. The molecule has 13 heteroatoms. The molecule has 0 radical (unpaired) electrons. The van der Waals surface area contributed by atoms with Crippen LogP contribution < -0.4 is 10.3 Å². The highest BCUT2D eigenvalue weighted by Crippen LogP contribution is 2.37. The third kappa shape index (κ3) is 6.08. The average molecular weight is 615 g/mol. The largest absolute Gasteiger partial charge is 0.300 e. The average Bonchev–Trinajstić information content (AvgIpc) is 3.61. The maximum absolute atomic E-state index is 13.1. The zero-order valence-electron chi connectivity index (χ0n) is 19.6. The van der Waals surface area contributed by atoms with Gasteiger partial charge in [0.05, 0.1) is 9.77 Å². The van der Waals surface area contributed by atoms with Crippen LogP contribution in [-0.2, 0) is 15.8 Å². The summed E-state index contributed by atoms with van der Waals surface area (Å²) in [7, 11) is -3.95. The molecule has 0 spiro atoms. The summed E-state index contributed by atoms with van der Waals surface area (Å²) in [5, 5.41) is 12.1. The third-order valence-electron chi connectivity index (χ3n) is 5.41. The number of anilines is 1. The van der Waals surface area contributed by atoms with Crippen LogP contribution in [0.3, 0.4) is 0 Å². The van der Waals surface area contributed by atoms with Gasteiger partial charge in [0.25, 0.3) is 15.6 Å². The number of H-pyrrole nitrogens is 1. The quantitative estimate of drug-likeness (QED) is 0.144. The van der Waals surface area contributed by atoms with Crippen LogP contribution in [0, 0.1) is 17.1 Å². The first-order valence-corrected chi connectivity index (χ1v) is 15.7. The molecule has 0 saturated carbocycles. The monoisotopic (exact) mass is 614 g/mol. The van der Waals surface area contributed by atoms with Gasteiger partial charge in [-0.1, -0.05) is 35.5 Å². The summed E-state index contributed by atoms with van der Waals surface area (Å²) in [6.07, 6.45) is 0. The minimum atomic E-state index is -3.95. The van der Waals surface area contributed by atoms with E-state index in [1.165, 1.54) is 47.4 Å². The van der Waals surface area contributed by atoms with Crippen LogP contribution >= 0.6 is 46.0 Å². The van der Waals surface area contributed by atoms with Crippen molar-refractivity contribution in [1.29, 1.82) is 5.26 Å². The molecule has 0 bridgehead atoms. The molecule has 3 aromatic heterocycles. The minimum absolute atomic E-state index is 0.0583. The lowest BCUT2D eigenvalue weighted by Gasteiger charge is -2.10. The fourth-order valence-electron chi connectivity index (χ4n) is 3.51. The van der Waals surface area contributed by atoms with Gasteiger partial charge in [-0.2, -0.15) is 5.26 Å². The minimum Gasteiger partial charge on any atom is -0.300 e. The van der Waals surface area contributed by atoms with Gasteiger partial charge in [-0.3, -0.25) is 9.52 Å². The van der Waals surface area contributed by atoms with Gasteiger partial charge in [-0.25, -0.2) is 17.8 Å². The molecule has 0 saturated heterocycles. The molecule has 2 aromatic carbocycles. The van der Waals surface area contributed by atoms with Crippen molar-refractivity contribution in [2.24, 2.45) is 0 Å². The summed E-state index contributed by atoms with van der Waals surface area (Å²) in [6, 6.07) is 18.9. The number of hydrogen-bond acceptors (Lipinski definition) is 8. The van der Waals surface area contributed by atoms with Crippen LogP contribution in [0.2, 0.25) is 5.02 Å². The zero-order valence-corrected chi connectivity index (χ0v) is 23.7. The van der Waals surface area contributed by atoms with Crippen LogP contribution in [0.5, 0.6) is 0 Å². The fraction of sp³-hybridized carbons (Fsp3) is 0.0385. The maximum atomic E-state index is 13.1. The Morgan fingerprint density at radius 1 is 1.08 bits per heavy atom. The molecule has 0 unspecified atom stereocenters. The number of thioether (sulfide) groups is 1. The number of benzene rings is 2. The lowest BCUT2D eigenvalue weighted by molar-refractivity contribution is 0.601. The Morgan fingerprint density at radius 2 is 1.85 bits per heavy atom. The van der Waals surface area contributed by atoms with Crippen molar-refractivity contribution in [3.05, 3.63) is 104 Å². The summed E-state index contributed by atoms with van der Waals surface area (Å²) in [5.74, 6) is -0.199. The van der Waals surface area contributed by atoms with Crippen LogP contribution in [0.15, 0.2) is 87.0 Å². The van der Waals surface area contributed by atoms with Crippen LogP contribution in [0.1, 0.15) is 11.1 Å². The van der Waals surface area contributed by atoms with Gasteiger partial charge in [0.1, 0.15) is 23.1 Å². The number of nitrogens with one attached hydrogen (secondary N) is 2. The zero-order chi connectivity index (χ0) is 27.6. The first-order chi connectivity index (χ1) is 18.7. The Hall–Kier alpha value is -3.47. The van der Waals surface area contributed by atoms with Gasteiger partial charge in [0, 0.05) is 26.2 Å². The summed E-state index contributed by atoms with van der Waals surface area (Å²) in [5.41, 5.74) is 0.519. The molecule has 0 atom stereocenters. The van der Waals surface area contributed by atoms with Crippen molar-refractivity contribution in [2.45, 2.75) is 15.8 Å². The molecule has 3 heterocycles. The van der Waals surface area contributed by atoms with Gasteiger partial charge in [0.15, 0.2) is 5.16 Å². The predicted molar refractivity (Wildman–Crippen MR) is 154 cm³/mol. The number of thiophene rings is 2. The first-order valence-electron chi connectivity index (χ1n) is 11.1. The number of aromatic amines is 1. The van der Waals surface area contributed by atoms with Crippen molar-refractivity contribution in [1.82, 2.24) is 9.97 Å². The number of sulfonamides is 1. The van der Waals surface area contributed by atoms with Crippen LogP contribution in [0.25, 0.3) is 20.3 Å². The summed E-state index contributed by atoms with van der Waals surface area (Å²) < 4.78 is 41.0. The molecule has 196 valence electrons. The van der Waals surface area contributed by atoms with E-state index in [2.05, 4.69) is 14.7 Å². The molecule has 5 rings (SSSR count). The first kappa shape index (κ1) is 27.1. The Bertz CT molecular complexity index is 1860. The van der Waals surface area contributed by atoms with Gasteiger partial charge < -0.3 is 4.98 Å². The smallest absolute Gasteiger partial charge is 0.270 e. The van der Waals surface area contributed by atoms with E-state index in [1.807, 2.05) is 35.7 Å². The highest BCUT2D eigenvalue weighted by atomic mass is 35.5. The molecule has 5 aromatic rings. The van der Waals surface area contributed by atoms with E-state index in [0.29, 0.717) is 21.3 Å². The molecular formula is C26H16ClFN4O3S4. The molecule has 0 aliphatic heterocycles. The van der Waals surface area contributed by atoms with Crippen LogP contribution in [-0.4, -0.2) is 18.4 Å². The second-order valence-electron chi connectivity index (χ2n) is 8.00. The second-order valence-corrected chi connectivity index (χ2v) is 13.1. The Labute approximate surface area is 240 Å². The normalized spacial score (nSPS) is 11.3. The standard InChI is InChI=1S/C26H16ClFN4O3S4/c27-20-12-18(39(34,35)32-17-6-4-16(28)5-7-17)8-3-15(20)14-37-26-30-24(19(13-29)25(33)31-26)23-10-9-22(38-23)21-2-1-11-36-21/h1-12,32H,14H2,(H,30,31,33). The SMILES string of the molecule is N#Cc1c(-c2ccc(-c3cccs3)s2)nc(SCc2ccc(S(=O)(=O)Nc3ccc(F)cc3)cc2Cl)[nH]c1=O. The number of nitrogens with zero attached hydrogens (tertiary/aromatic N) is 2. The number of nitriles is 1. The molecule has 39 heavy (non-hydrogen) atoms. The molecule has 0 fully saturated rings. The Kier molecular flexibility index (Phi) is 7.88. The summed E-state index contributed by atoms with van der Waals surface area (Å²) in [6.45, 7) is 0. The predicted octanol–water partition coefficient (Wildman–Crippen LogP) is 6.98. The van der Waals surface area contributed by atoms with E-state index in [1.54, 1.807) is 17.4 Å². The Morgan fingerprint density at radius 3 is 2.54 bits per heavy atom. The van der Waals surface area contributed by atoms with Crippen molar-refractivity contribution in [3.63, 3.8) is 0 Å². The van der Waals surface area contributed by atoms with E-state index >= 15 is 0 Å². The van der Waals surface area contributed by atoms with E-state index in [-0.39, 0.29) is 26.9 Å². The third-order valence-corrected chi connectivity index (χ3v) is 10.2. The van der Waals surface area contributed by atoms with E-state index < -0.39 is 21.4 Å². The van der Waals surface area contributed by atoms with E-state index in [4.69, 9.17) is 11.6 Å². The number of rotatable bonds is 8. The molecule has 2 N–H and O–H groups in total. The summed E-state index contributed by atoms with van der Waals surface area (Å²) >= 11 is 10.6. The lowest BCUT2D eigenvalue weighted by atomic mass is 10.2. The molecule has 0 amide bonds. The van der Waals surface area contributed by atoms with Crippen molar-refractivity contribution in [3.8, 4) is 26.4 Å². The summed E-state index contributed by atoms with van der Waals surface area (Å²) in [4.78, 5) is 22.6. The Balaban J connectivity index is 1.35. The van der Waals surface area contributed by atoms with Crippen molar-refractivity contribution in [2.75, 3.05) is 4.72 Å². The lowest BCUT2D eigenvalue weighted by Crippen LogP contribution is -2.14. The van der Waals surface area contributed by atoms with Gasteiger partial charge >= 0.3 is 0 Å². The number of aromatic nitrogens is 2. The van der Waals surface area contributed by atoms with Crippen molar-refractivity contribution < 1.29 is 12.8 Å². The second kappa shape index (κ2) is 11.3. The van der Waals surface area contributed by atoms with Crippen molar-refractivity contribution >= 4 is 61.7 Å². The van der Waals surface area contributed by atoms with Gasteiger partial charge in [0.2, 0.25) is 0 Å². The molecular weight excluding hydrogens is 599 g/mol. The number of halogens is 2. The molecule has 7 nitrogen and oxygen atoms in total. The fourth-order valence-corrected chi connectivity index (χ4v) is 7.69. The van der Waals surface area contributed by atoms with Gasteiger partial charge in [-0.15, -0.1) is 22.7 Å². The molecule has 0 aliphatic carbocycles. The highest BCUT2D eigenvalue weighted by Gasteiger charge is 2.18. The van der Waals surface area contributed by atoms with Gasteiger partial charge in [-0.05, 0) is 65.5 Å². The van der Waals surface area contributed by atoms with E-state index in [0.717, 1.165) is 21.9 Å².